The number of halogens is 1. The summed E-state index contributed by atoms with van der Waals surface area (Å²) in [7, 11) is 3.06. The number of amides is 1. The lowest BCUT2D eigenvalue weighted by molar-refractivity contribution is -0.385. The van der Waals surface area contributed by atoms with Crippen LogP contribution in [0.5, 0.6) is 17.2 Å². The van der Waals surface area contributed by atoms with Crippen LogP contribution in [0.2, 0.25) is 0 Å². The van der Waals surface area contributed by atoms with Gasteiger partial charge in [0.25, 0.3) is 5.91 Å². The first-order valence-electron chi connectivity index (χ1n) is 7.98. The molecule has 0 saturated heterocycles. The average molecular weight is 452 g/mol. The summed E-state index contributed by atoms with van der Waals surface area (Å²) in [5.41, 5.74) is 3.28. The van der Waals surface area contributed by atoms with Crippen LogP contribution in [0.4, 0.5) is 5.69 Å². The second-order valence-electron chi connectivity index (χ2n) is 5.46. The molecule has 2 rings (SSSR count). The number of nitrogens with one attached hydrogen (secondary N) is 1. The maximum atomic E-state index is 12.0. The Hall–Kier alpha value is -3.14. The van der Waals surface area contributed by atoms with Crippen molar-refractivity contribution in [3.8, 4) is 17.2 Å². The largest absolute Gasteiger partial charge is 0.497 e. The molecule has 0 aromatic heterocycles. The maximum Gasteiger partial charge on any atom is 0.312 e. The molecule has 28 heavy (non-hydrogen) atoms. The molecule has 0 aliphatic carbocycles. The second kappa shape index (κ2) is 9.70. The third-order valence-corrected chi connectivity index (χ3v) is 4.12. The van der Waals surface area contributed by atoms with Gasteiger partial charge in [-0.1, -0.05) is 15.9 Å². The number of nitro benzene ring substituents is 1. The molecule has 0 fully saturated rings. The van der Waals surface area contributed by atoms with Gasteiger partial charge in [-0.3, -0.25) is 14.9 Å². The summed E-state index contributed by atoms with van der Waals surface area (Å²) in [5, 5.41) is 15.1. The lowest BCUT2D eigenvalue weighted by atomic mass is 10.1. The van der Waals surface area contributed by atoms with Crippen molar-refractivity contribution >= 4 is 33.2 Å². The number of nitro groups is 1. The van der Waals surface area contributed by atoms with Crippen LogP contribution in [-0.4, -0.2) is 37.4 Å². The first-order chi connectivity index (χ1) is 13.3. The summed E-state index contributed by atoms with van der Waals surface area (Å²) in [4.78, 5) is 22.5. The lowest BCUT2D eigenvalue weighted by Crippen LogP contribution is -2.25. The monoisotopic (exact) mass is 451 g/mol. The average Bonchev–Trinajstić information content (AvgIpc) is 2.70. The Labute approximate surface area is 169 Å². The van der Waals surface area contributed by atoms with Gasteiger partial charge in [-0.15, -0.1) is 0 Å². The number of benzene rings is 2. The number of methoxy groups -OCH3 is 2. The highest BCUT2D eigenvalue weighted by atomic mass is 79.9. The number of hydrogen-bond acceptors (Lipinski definition) is 7. The Morgan fingerprint density at radius 1 is 1.18 bits per heavy atom. The molecule has 1 N–H and O–H groups in total. The molecule has 10 heteroatoms. The van der Waals surface area contributed by atoms with Crippen molar-refractivity contribution in [2.75, 3.05) is 20.8 Å². The van der Waals surface area contributed by atoms with Crippen molar-refractivity contribution in [3.05, 3.63) is 56.5 Å². The number of hydrogen-bond donors (Lipinski definition) is 1. The Morgan fingerprint density at radius 2 is 1.93 bits per heavy atom. The molecule has 0 atom stereocenters. The summed E-state index contributed by atoms with van der Waals surface area (Å²) in [6, 6.07) is 9.49. The van der Waals surface area contributed by atoms with E-state index in [0.29, 0.717) is 27.2 Å². The number of hydrazone groups is 1. The smallest absolute Gasteiger partial charge is 0.312 e. The molecule has 0 heterocycles. The molecule has 0 saturated carbocycles. The van der Waals surface area contributed by atoms with E-state index in [2.05, 4.69) is 26.5 Å². The van der Waals surface area contributed by atoms with Crippen LogP contribution < -0.4 is 19.6 Å². The van der Waals surface area contributed by atoms with Gasteiger partial charge in [-0.05, 0) is 31.2 Å². The predicted octanol–water partition coefficient (Wildman–Crippen LogP) is 3.29. The van der Waals surface area contributed by atoms with E-state index in [9.17, 15) is 14.9 Å². The SMILES string of the molecule is COc1ccc(/C(C)=N\NC(=O)COc2ccc(Br)cc2[N+](=O)[O-])c(OC)c1. The van der Waals surface area contributed by atoms with Crippen molar-refractivity contribution in [2.24, 2.45) is 5.10 Å². The minimum atomic E-state index is -0.587. The van der Waals surface area contributed by atoms with Crippen molar-refractivity contribution < 1.29 is 23.9 Å². The van der Waals surface area contributed by atoms with E-state index in [4.69, 9.17) is 14.2 Å². The van der Waals surface area contributed by atoms with Crippen LogP contribution in [-0.2, 0) is 4.79 Å². The first-order valence-corrected chi connectivity index (χ1v) is 8.77. The van der Waals surface area contributed by atoms with Gasteiger partial charge in [0.05, 0.1) is 24.9 Å². The quantitative estimate of drug-likeness (QED) is 0.374. The topological polar surface area (TPSA) is 112 Å². The van der Waals surface area contributed by atoms with Crippen LogP contribution >= 0.6 is 15.9 Å². The summed E-state index contributed by atoms with van der Waals surface area (Å²) < 4.78 is 16.2. The highest BCUT2D eigenvalue weighted by Crippen LogP contribution is 2.30. The van der Waals surface area contributed by atoms with Gasteiger partial charge >= 0.3 is 5.69 Å². The Bertz CT molecular complexity index is 916. The summed E-state index contributed by atoms with van der Waals surface area (Å²) in [5.74, 6) is 0.587. The minimum absolute atomic E-state index is 0.0131. The van der Waals surface area contributed by atoms with E-state index in [0.717, 1.165) is 0 Å². The molecule has 9 nitrogen and oxygen atoms in total. The molecule has 0 aliphatic heterocycles. The number of rotatable bonds is 8. The van der Waals surface area contributed by atoms with Gasteiger partial charge in [0.1, 0.15) is 11.5 Å². The van der Waals surface area contributed by atoms with E-state index in [-0.39, 0.29) is 11.4 Å². The molecule has 0 spiro atoms. The van der Waals surface area contributed by atoms with Gasteiger partial charge in [-0.25, -0.2) is 5.43 Å². The number of ether oxygens (including phenoxy) is 3. The zero-order chi connectivity index (χ0) is 20.7. The van der Waals surface area contributed by atoms with Gasteiger partial charge in [0.15, 0.2) is 12.4 Å². The summed E-state index contributed by atoms with van der Waals surface area (Å²) in [6.45, 7) is 1.27. The van der Waals surface area contributed by atoms with Crippen molar-refractivity contribution in [2.45, 2.75) is 6.92 Å². The van der Waals surface area contributed by atoms with Crippen molar-refractivity contribution in [1.82, 2.24) is 5.43 Å². The van der Waals surface area contributed by atoms with Gasteiger partial charge in [-0.2, -0.15) is 5.10 Å². The number of carbonyl (C=O) groups excluding carboxylic acids is 1. The Balaban J connectivity index is 2.03. The predicted molar refractivity (Wildman–Crippen MR) is 106 cm³/mol. The number of nitrogens with zero attached hydrogens (tertiary/aromatic N) is 2. The van der Waals surface area contributed by atoms with Crippen LogP contribution in [0.1, 0.15) is 12.5 Å². The zero-order valence-electron chi connectivity index (χ0n) is 15.4. The van der Waals surface area contributed by atoms with Crippen LogP contribution in [0, 0.1) is 10.1 Å². The molecule has 148 valence electrons. The molecule has 1 amide bonds. The first kappa shape index (κ1) is 21.2. The highest BCUT2D eigenvalue weighted by molar-refractivity contribution is 9.10. The molecule has 2 aromatic carbocycles. The minimum Gasteiger partial charge on any atom is -0.497 e. The molecule has 2 aromatic rings. The molecule has 0 unspecified atom stereocenters. The Morgan fingerprint density at radius 3 is 2.57 bits per heavy atom. The molecule has 0 radical (unpaired) electrons. The standard InChI is InChI=1S/C18H18BrN3O6/c1-11(14-6-5-13(26-2)9-17(14)27-3)20-21-18(23)10-28-16-7-4-12(19)8-15(16)22(24)25/h4-9H,10H2,1-3H3,(H,21,23)/b20-11-. The lowest BCUT2D eigenvalue weighted by Gasteiger charge is -2.10. The van der Waals surface area contributed by atoms with Crippen LogP contribution in [0.25, 0.3) is 0 Å². The summed E-state index contributed by atoms with van der Waals surface area (Å²) in [6.07, 6.45) is 0. The fourth-order valence-corrected chi connectivity index (χ4v) is 2.58. The molecular weight excluding hydrogens is 434 g/mol. The van der Waals surface area contributed by atoms with Gasteiger partial charge in [0.2, 0.25) is 0 Å². The fourth-order valence-electron chi connectivity index (χ4n) is 2.23. The third kappa shape index (κ3) is 5.43. The Kier molecular flexibility index (Phi) is 7.33. The van der Waals surface area contributed by atoms with Gasteiger partial charge in [0, 0.05) is 22.2 Å². The van der Waals surface area contributed by atoms with E-state index in [1.165, 1.54) is 19.2 Å². The van der Waals surface area contributed by atoms with Crippen molar-refractivity contribution in [3.63, 3.8) is 0 Å². The van der Waals surface area contributed by atoms with Crippen LogP contribution in [0.3, 0.4) is 0 Å². The molecular formula is C18H18BrN3O6. The van der Waals surface area contributed by atoms with Crippen molar-refractivity contribution in [1.29, 1.82) is 0 Å². The molecule has 0 aliphatic rings. The molecule has 0 bridgehead atoms. The van der Waals surface area contributed by atoms with Gasteiger partial charge < -0.3 is 14.2 Å². The third-order valence-electron chi connectivity index (χ3n) is 3.62. The summed E-state index contributed by atoms with van der Waals surface area (Å²) >= 11 is 3.15. The zero-order valence-corrected chi connectivity index (χ0v) is 17.0. The maximum absolute atomic E-state index is 12.0. The van der Waals surface area contributed by atoms with Crippen LogP contribution in [0.15, 0.2) is 46.0 Å². The van der Waals surface area contributed by atoms with E-state index < -0.39 is 17.4 Å². The normalized spacial score (nSPS) is 10.9. The second-order valence-corrected chi connectivity index (χ2v) is 6.37. The van der Waals surface area contributed by atoms with E-state index >= 15 is 0 Å². The number of carbonyl (C=O) groups is 1. The van der Waals surface area contributed by atoms with E-state index in [1.807, 2.05) is 0 Å². The van der Waals surface area contributed by atoms with E-state index in [1.54, 1.807) is 38.3 Å². The fraction of sp³-hybridized carbons (Fsp3) is 0.222. The highest BCUT2D eigenvalue weighted by Gasteiger charge is 2.16.